The maximum atomic E-state index is 12.5. The number of benzene rings is 1. The zero-order chi connectivity index (χ0) is 18.6. The minimum atomic E-state index is -0.0646. The number of thiophene rings is 1. The molecule has 1 amide bonds. The van der Waals surface area contributed by atoms with Crippen LogP contribution in [0.3, 0.4) is 0 Å². The predicted octanol–water partition coefficient (Wildman–Crippen LogP) is 4.92. The predicted molar refractivity (Wildman–Crippen MR) is 113 cm³/mol. The molecule has 1 fully saturated rings. The SMILES string of the molecule is O=C(NC1CCN(Cc2ccc(Cl)cc2)CC1)c1csc(-c2cccs2)n1. The maximum absolute atomic E-state index is 12.5. The van der Waals surface area contributed by atoms with E-state index >= 15 is 0 Å². The van der Waals surface area contributed by atoms with Crippen molar-refractivity contribution in [3.63, 3.8) is 0 Å². The van der Waals surface area contributed by atoms with Crippen molar-refractivity contribution in [1.29, 1.82) is 0 Å². The zero-order valence-corrected chi connectivity index (χ0v) is 17.1. The molecule has 1 aromatic carbocycles. The molecule has 1 saturated heterocycles. The van der Waals surface area contributed by atoms with Gasteiger partial charge in [-0.05, 0) is 42.0 Å². The molecule has 3 aromatic rings. The maximum Gasteiger partial charge on any atom is 0.270 e. The highest BCUT2D eigenvalue weighted by Crippen LogP contribution is 2.28. The van der Waals surface area contributed by atoms with Crippen molar-refractivity contribution in [2.75, 3.05) is 13.1 Å². The summed E-state index contributed by atoms with van der Waals surface area (Å²) < 4.78 is 0. The van der Waals surface area contributed by atoms with Crippen molar-refractivity contribution in [2.45, 2.75) is 25.4 Å². The van der Waals surface area contributed by atoms with Crippen LogP contribution in [-0.4, -0.2) is 34.9 Å². The number of aromatic nitrogens is 1. The molecule has 2 aromatic heterocycles. The van der Waals surface area contributed by atoms with E-state index in [2.05, 4.69) is 27.3 Å². The van der Waals surface area contributed by atoms with Crippen molar-refractivity contribution < 1.29 is 4.79 Å². The second kappa shape index (κ2) is 8.52. The quantitative estimate of drug-likeness (QED) is 0.640. The molecule has 1 aliphatic rings. The fourth-order valence-corrected chi connectivity index (χ4v) is 4.97. The van der Waals surface area contributed by atoms with Gasteiger partial charge < -0.3 is 5.32 Å². The fraction of sp³-hybridized carbons (Fsp3) is 0.300. The number of likely N-dealkylation sites (tertiary alicyclic amines) is 1. The number of halogens is 1. The zero-order valence-electron chi connectivity index (χ0n) is 14.7. The van der Waals surface area contributed by atoms with Crippen LogP contribution in [-0.2, 0) is 6.54 Å². The van der Waals surface area contributed by atoms with Crippen LogP contribution in [0.4, 0.5) is 0 Å². The van der Waals surface area contributed by atoms with Gasteiger partial charge in [0, 0.05) is 36.1 Å². The summed E-state index contributed by atoms with van der Waals surface area (Å²) in [5.41, 5.74) is 1.79. The monoisotopic (exact) mass is 417 g/mol. The molecule has 7 heteroatoms. The fourth-order valence-electron chi connectivity index (χ4n) is 3.23. The third kappa shape index (κ3) is 4.76. The van der Waals surface area contributed by atoms with E-state index in [4.69, 9.17) is 11.6 Å². The van der Waals surface area contributed by atoms with Crippen molar-refractivity contribution in [2.24, 2.45) is 0 Å². The van der Waals surface area contributed by atoms with Gasteiger partial charge in [0.2, 0.25) is 0 Å². The highest BCUT2D eigenvalue weighted by Gasteiger charge is 2.22. The van der Waals surface area contributed by atoms with Crippen LogP contribution in [0.25, 0.3) is 9.88 Å². The number of carbonyl (C=O) groups is 1. The highest BCUT2D eigenvalue weighted by molar-refractivity contribution is 7.20. The van der Waals surface area contributed by atoms with Crippen molar-refractivity contribution in [3.8, 4) is 9.88 Å². The molecule has 0 saturated carbocycles. The van der Waals surface area contributed by atoms with Crippen LogP contribution >= 0.6 is 34.3 Å². The molecule has 140 valence electrons. The van der Waals surface area contributed by atoms with Gasteiger partial charge in [-0.25, -0.2) is 4.98 Å². The Bertz CT molecular complexity index is 884. The van der Waals surface area contributed by atoms with Crippen molar-refractivity contribution >= 4 is 40.2 Å². The van der Waals surface area contributed by atoms with Gasteiger partial charge in [0.1, 0.15) is 10.7 Å². The van der Waals surface area contributed by atoms with Gasteiger partial charge >= 0.3 is 0 Å². The van der Waals surface area contributed by atoms with Crippen molar-refractivity contribution in [1.82, 2.24) is 15.2 Å². The molecule has 0 bridgehead atoms. The number of thiazole rings is 1. The smallest absolute Gasteiger partial charge is 0.270 e. The van der Waals surface area contributed by atoms with E-state index in [1.165, 1.54) is 16.9 Å². The molecular formula is C20H20ClN3OS2. The first-order valence-corrected chi connectivity index (χ1v) is 11.1. The van der Waals surface area contributed by atoms with E-state index in [0.717, 1.165) is 47.4 Å². The number of piperidine rings is 1. The lowest BCUT2D eigenvalue weighted by atomic mass is 10.0. The summed E-state index contributed by atoms with van der Waals surface area (Å²) in [6.45, 7) is 2.88. The Morgan fingerprint density at radius 3 is 2.67 bits per heavy atom. The van der Waals surface area contributed by atoms with Crippen LogP contribution in [0.1, 0.15) is 28.9 Å². The topological polar surface area (TPSA) is 45.2 Å². The summed E-state index contributed by atoms with van der Waals surface area (Å²) in [6.07, 6.45) is 1.92. The first kappa shape index (κ1) is 18.6. The molecule has 0 spiro atoms. The standard InChI is InChI=1S/C20H20ClN3OS2/c21-15-5-3-14(4-6-15)12-24-9-7-16(8-10-24)22-19(25)17-13-27-20(23-17)18-2-1-11-26-18/h1-6,11,13,16H,7-10,12H2,(H,22,25). The van der Waals surface area contributed by atoms with Gasteiger partial charge in [0.05, 0.1) is 4.88 Å². The lowest BCUT2D eigenvalue weighted by molar-refractivity contribution is 0.0904. The summed E-state index contributed by atoms with van der Waals surface area (Å²) in [5.74, 6) is -0.0646. The van der Waals surface area contributed by atoms with Crippen LogP contribution in [0.5, 0.6) is 0 Å². The van der Waals surface area contributed by atoms with Gasteiger partial charge in [0.25, 0.3) is 5.91 Å². The van der Waals surface area contributed by atoms with E-state index in [0.29, 0.717) is 5.69 Å². The van der Waals surface area contributed by atoms with Crippen molar-refractivity contribution in [3.05, 3.63) is 63.4 Å². The van der Waals surface area contributed by atoms with Gasteiger partial charge in [-0.3, -0.25) is 9.69 Å². The van der Waals surface area contributed by atoms with Crippen LogP contribution in [0.2, 0.25) is 5.02 Å². The summed E-state index contributed by atoms with van der Waals surface area (Å²) >= 11 is 9.11. The molecular weight excluding hydrogens is 398 g/mol. The van der Waals surface area contributed by atoms with E-state index < -0.39 is 0 Å². The average Bonchev–Trinajstić information content (AvgIpc) is 3.36. The number of hydrogen-bond acceptors (Lipinski definition) is 5. The molecule has 3 heterocycles. The van der Waals surface area contributed by atoms with Gasteiger partial charge in [-0.1, -0.05) is 29.8 Å². The van der Waals surface area contributed by atoms with E-state index in [-0.39, 0.29) is 11.9 Å². The molecule has 0 aliphatic carbocycles. The Morgan fingerprint density at radius 2 is 1.96 bits per heavy atom. The molecule has 0 unspecified atom stereocenters. The second-order valence-electron chi connectivity index (χ2n) is 6.67. The summed E-state index contributed by atoms with van der Waals surface area (Å²) in [7, 11) is 0. The van der Waals surface area contributed by atoms with Crippen LogP contribution in [0, 0.1) is 0 Å². The van der Waals surface area contributed by atoms with E-state index in [1.54, 1.807) is 11.3 Å². The van der Waals surface area contributed by atoms with E-state index in [9.17, 15) is 4.79 Å². The Morgan fingerprint density at radius 1 is 1.19 bits per heavy atom. The molecule has 27 heavy (non-hydrogen) atoms. The van der Waals surface area contributed by atoms with Gasteiger partial charge in [0.15, 0.2) is 0 Å². The number of rotatable bonds is 5. The summed E-state index contributed by atoms with van der Waals surface area (Å²) in [6, 6.07) is 12.3. The molecule has 0 radical (unpaired) electrons. The van der Waals surface area contributed by atoms with Crippen LogP contribution < -0.4 is 5.32 Å². The highest BCUT2D eigenvalue weighted by atomic mass is 35.5. The third-order valence-electron chi connectivity index (χ3n) is 4.71. The van der Waals surface area contributed by atoms with Gasteiger partial charge in [-0.2, -0.15) is 0 Å². The Labute approximate surface area is 171 Å². The summed E-state index contributed by atoms with van der Waals surface area (Å²) in [4.78, 5) is 20.5. The number of nitrogens with zero attached hydrogens (tertiary/aromatic N) is 2. The third-order valence-corrected chi connectivity index (χ3v) is 6.84. The summed E-state index contributed by atoms with van der Waals surface area (Å²) in [5, 5.41) is 8.70. The number of hydrogen-bond donors (Lipinski definition) is 1. The second-order valence-corrected chi connectivity index (χ2v) is 8.91. The molecule has 1 N–H and O–H groups in total. The van der Waals surface area contributed by atoms with Gasteiger partial charge in [-0.15, -0.1) is 22.7 Å². The lowest BCUT2D eigenvalue weighted by Crippen LogP contribution is -2.44. The lowest BCUT2D eigenvalue weighted by Gasteiger charge is -2.32. The first-order valence-electron chi connectivity index (χ1n) is 8.94. The molecule has 4 rings (SSSR count). The Hall–Kier alpha value is -1.73. The first-order chi connectivity index (χ1) is 13.2. The molecule has 4 nitrogen and oxygen atoms in total. The number of nitrogens with one attached hydrogen (secondary N) is 1. The number of carbonyl (C=O) groups excluding carboxylic acids is 1. The normalized spacial score (nSPS) is 15.7. The Kier molecular flexibility index (Phi) is 5.88. The molecule has 1 aliphatic heterocycles. The minimum Gasteiger partial charge on any atom is -0.348 e. The van der Waals surface area contributed by atoms with Crippen LogP contribution in [0.15, 0.2) is 47.2 Å². The van der Waals surface area contributed by atoms with E-state index in [1.807, 2.05) is 35.0 Å². The average molecular weight is 418 g/mol. The minimum absolute atomic E-state index is 0.0646. The molecule has 0 atom stereocenters. The Balaban J connectivity index is 1.27. The largest absolute Gasteiger partial charge is 0.348 e. The number of amides is 1.